The molecule has 0 atom stereocenters. The molecule has 0 aliphatic rings. The SMILES string of the molecule is Nc1nc(C(=O)OCc2ccccc2)nc(C(=O)OCc2ccccc2)n1. The fourth-order valence-electron chi connectivity index (χ4n) is 2.15. The molecule has 0 saturated heterocycles. The summed E-state index contributed by atoms with van der Waals surface area (Å²) in [5.74, 6) is -2.62. The highest BCUT2D eigenvalue weighted by Gasteiger charge is 2.19. The number of carbonyl (C=O) groups is 2. The summed E-state index contributed by atoms with van der Waals surface area (Å²) in [6, 6.07) is 18.2. The van der Waals surface area contributed by atoms with Crippen LogP contribution in [0.15, 0.2) is 60.7 Å². The molecule has 0 amide bonds. The van der Waals surface area contributed by atoms with E-state index in [-0.39, 0.29) is 30.8 Å². The minimum Gasteiger partial charge on any atom is -0.455 e. The zero-order valence-corrected chi connectivity index (χ0v) is 14.2. The van der Waals surface area contributed by atoms with Crippen LogP contribution in [0.25, 0.3) is 0 Å². The maximum Gasteiger partial charge on any atom is 0.376 e. The molecule has 3 rings (SSSR count). The van der Waals surface area contributed by atoms with E-state index >= 15 is 0 Å². The van der Waals surface area contributed by atoms with Crippen molar-refractivity contribution in [3.05, 3.63) is 83.4 Å². The van der Waals surface area contributed by atoms with E-state index in [0.29, 0.717) is 0 Å². The van der Waals surface area contributed by atoms with Crippen LogP contribution in [0, 0.1) is 0 Å². The normalized spacial score (nSPS) is 10.2. The van der Waals surface area contributed by atoms with Gasteiger partial charge in [0, 0.05) is 0 Å². The van der Waals surface area contributed by atoms with Crippen molar-refractivity contribution in [3.8, 4) is 0 Å². The molecule has 8 heteroatoms. The van der Waals surface area contributed by atoms with Crippen LogP contribution in [-0.4, -0.2) is 26.9 Å². The Morgan fingerprint density at radius 1 is 0.704 bits per heavy atom. The Balaban J connectivity index is 1.66. The molecule has 0 radical (unpaired) electrons. The summed E-state index contributed by atoms with van der Waals surface area (Å²) in [5, 5.41) is 0. The number of nitrogens with two attached hydrogens (primary N) is 1. The Kier molecular flexibility index (Phi) is 5.68. The third-order valence-electron chi connectivity index (χ3n) is 3.44. The van der Waals surface area contributed by atoms with Crippen LogP contribution in [0.3, 0.4) is 0 Å². The third kappa shape index (κ3) is 5.08. The fourth-order valence-corrected chi connectivity index (χ4v) is 2.15. The first-order valence-corrected chi connectivity index (χ1v) is 8.05. The third-order valence-corrected chi connectivity index (χ3v) is 3.44. The van der Waals surface area contributed by atoms with Gasteiger partial charge in [0.15, 0.2) is 0 Å². The lowest BCUT2D eigenvalue weighted by atomic mass is 10.2. The molecule has 136 valence electrons. The standard InChI is InChI=1S/C19H16N4O4/c20-19-22-15(17(24)26-11-13-7-3-1-4-8-13)21-16(23-19)18(25)27-12-14-9-5-2-6-10-14/h1-10H,11-12H2,(H2,20,21,22,23). The van der Waals surface area contributed by atoms with Gasteiger partial charge >= 0.3 is 11.9 Å². The average Bonchev–Trinajstić information content (AvgIpc) is 2.71. The minimum atomic E-state index is -0.815. The summed E-state index contributed by atoms with van der Waals surface area (Å²) in [5.41, 5.74) is 7.17. The van der Waals surface area contributed by atoms with E-state index in [1.165, 1.54) is 0 Å². The second kappa shape index (κ2) is 8.52. The molecule has 0 aliphatic heterocycles. The number of benzene rings is 2. The van der Waals surface area contributed by atoms with Gasteiger partial charge in [-0.25, -0.2) is 9.59 Å². The topological polar surface area (TPSA) is 117 Å². The molecule has 2 N–H and O–H groups in total. The van der Waals surface area contributed by atoms with E-state index in [1.54, 1.807) is 24.3 Å². The smallest absolute Gasteiger partial charge is 0.376 e. The average molecular weight is 364 g/mol. The van der Waals surface area contributed by atoms with E-state index in [4.69, 9.17) is 15.2 Å². The summed E-state index contributed by atoms with van der Waals surface area (Å²) in [4.78, 5) is 35.5. The van der Waals surface area contributed by atoms with Gasteiger partial charge in [0.05, 0.1) is 0 Å². The highest BCUT2D eigenvalue weighted by atomic mass is 16.5. The number of nitrogens with zero attached hydrogens (tertiary/aromatic N) is 3. The number of carbonyl (C=O) groups excluding carboxylic acids is 2. The molecule has 2 aromatic carbocycles. The van der Waals surface area contributed by atoms with E-state index in [9.17, 15) is 9.59 Å². The first-order chi connectivity index (χ1) is 13.1. The molecule has 1 aromatic heterocycles. The number of anilines is 1. The molecule has 8 nitrogen and oxygen atoms in total. The Hall–Kier alpha value is -3.81. The zero-order chi connectivity index (χ0) is 19.1. The maximum absolute atomic E-state index is 12.1. The Bertz CT molecular complexity index is 859. The molecule has 0 unspecified atom stereocenters. The minimum absolute atomic E-state index is 0.0407. The largest absolute Gasteiger partial charge is 0.455 e. The molecule has 3 aromatic rings. The van der Waals surface area contributed by atoms with Crippen LogP contribution < -0.4 is 5.73 Å². The predicted molar refractivity (Wildman–Crippen MR) is 95.4 cm³/mol. The van der Waals surface area contributed by atoms with Crippen molar-refractivity contribution in [2.45, 2.75) is 13.2 Å². The molecule has 0 bridgehead atoms. The molecule has 0 aliphatic carbocycles. The van der Waals surface area contributed by atoms with Crippen LogP contribution in [0.2, 0.25) is 0 Å². The second-order valence-corrected chi connectivity index (χ2v) is 5.46. The van der Waals surface area contributed by atoms with Gasteiger partial charge in [-0.1, -0.05) is 60.7 Å². The van der Waals surface area contributed by atoms with Gasteiger partial charge in [-0.15, -0.1) is 0 Å². The fraction of sp³-hybridized carbons (Fsp3) is 0.105. The lowest BCUT2D eigenvalue weighted by molar-refractivity contribution is 0.0445. The number of esters is 2. The summed E-state index contributed by atoms with van der Waals surface area (Å²) >= 11 is 0. The molecule has 0 spiro atoms. The van der Waals surface area contributed by atoms with Crippen molar-refractivity contribution in [2.75, 3.05) is 5.73 Å². The molecule has 27 heavy (non-hydrogen) atoms. The van der Waals surface area contributed by atoms with Crippen molar-refractivity contribution < 1.29 is 19.1 Å². The Labute approximate surface area is 155 Å². The Morgan fingerprint density at radius 2 is 1.11 bits per heavy atom. The summed E-state index contributed by atoms with van der Waals surface area (Å²) in [6.07, 6.45) is 0. The maximum atomic E-state index is 12.1. The lowest BCUT2D eigenvalue weighted by Gasteiger charge is -2.07. The van der Waals surface area contributed by atoms with E-state index in [1.807, 2.05) is 36.4 Å². The van der Waals surface area contributed by atoms with Gasteiger partial charge in [0.25, 0.3) is 0 Å². The number of hydrogen-bond donors (Lipinski definition) is 1. The number of rotatable bonds is 6. The van der Waals surface area contributed by atoms with Crippen LogP contribution in [0.1, 0.15) is 32.4 Å². The first-order valence-electron chi connectivity index (χ1n) is 8.05. The van der Waals surface area contributed by atoms with Crippen molar-refractivity contribution >= 4 is 17.9 Å². The van der Waals surface area contributed by atoms with Gasteiger partial charge in [-0.05, 0) is 11.1 Å². The zero-order valence-electron chi connectivity index (χ0n) is 14.2. The number of aromatic nitrogens is 3. The number of hydrogen-bond acceptors (Lipinski definition) is 8. The van der Waals surface area contributed by atoms with Crippen molar-refractivity contribution in [1.29, 1.82) is 0 Å². The van der Waals surface area contributed by atoms with Crippen molar-refractivity contribution in [3.63, 3.8) is 0 Å². The highest BCUT2D eigenvalue weighted by Crippen LogP contribution is 2.07. The van der Waals surface area contributed by atoms with Gasteiger partial charge in [0.1, 0.15) is 13.2 Å². The summed E-state index contributed by atoms with van der Waals surface area (Å²) in [6.45, 7) is 0.0814. The highest BCUT2D eigenvalue weighted by molar-refractivity contribution is 5.89. The summed E-state index contributed by atoms with van der Waals surface area (Å²) in [7, 11) is 0. The lowest BCUT2D eigenvalue weighted by Crippen LogP contribution is -2.18. The molecular weight excluding hydrogens is 348 g/mol. The van der Waals surface area contributed by atoms with E-state index in [0.717, 1.165) is 11.1 Å². The monoisotopic (exact) mass is 364 g/mol. The van der Waals surface area contributed by atoms with Crippen LogP contribution in [-0.2, 0) is 22.7 Å². The van der Waals surface area contributed by atoms with Gasteiger partial charge in [-0.3, -0.25) is 0 Å². The first kappa shape index (κ1) is 18.0. The van der Waals surface area contributed by atoms with Crippen molar-refractivity contribution in [2.24, 2.45) is 0 Å². The van der Waals surface area contributed by atoms with Gasteiger partial charge in [-0.2, -0.15) is 15.0 Å². The molecular formula is C19H16N4O4. The van der Waals surface area contributed by atoms with Gasteiger partial charge < -0.3 is 15.2 Å². The van der Waals surface area contributed by atoms with Crippen LogP contribution >= 0.6 is 0 Å². The van der Waals surface area contributed by atoms with Crippen LogP contribution in [0.5, 0.6) is 0 Å². The van der Waals surface area contributed by atoms with E-state index in [2.05, 4.69) is 15.0 Å². The van der Waals surface area contributed by atoms with Crippen molar-refractivity contribution in [1.82, 2.24) is 15.0 Å². The summed E-state index contributed by atoms with van der Waals surface area (Å²) < 4.78 is 10.3. The predicted octanol–water partition coefficient (Wildman–Crippen LogP) is 2.17. The van der Waals surface area contributed by atoms with Crippen LogP contribution in [0.4, 0.5) is 5.95 Å². The number of nitrogen functional groups attached to an aromatic ring is 1. The molecule has 0 fully saturated rings. The quantitative estimate of drug-likeness (QED) is 0.661. The second-order valence-electron chi connectivity index (χ2n) is 5.46. The molecule has 0 saturated carbocycles. The van der Waals surface area contributed by atoms with Gasteiger partial charge in [0.2, 0.25) is 17.6 Å². The van der Waals surface area contributed by atoms with E-state index < -0.39 is 11.9 Å². The molecule has 1 heterocycles. The number of ether oxygens (including phenoxy) is 2. The Morgan fingerprint density at radius 3 is 1.52 bits per heavy atom.